The van der Waals surface area contributed by atoms with Crippen molar-refractivity contribution in [2.45, 2.75) is 19.9 Å². The molecule has 2 amide bonds. The fraction of sp³-hybridized carbons (Fsp3) is 0.600. The molecule has 0 heterocycles. The number of urea groups is 1. The smallest absolute Gasteiger partial charge is 0.335 e. The maximum absolute atomic E-state index is 10.3. The molecule has 0 aromatic carbocycles. The van der Waals surface area contributed by atoms with Crippen molar-refractivity contribution in [3.05, 3.63) is 7.05 Å². The molecule has 0 bridgehead atoms. The van der Waals surface area contributed by atoms with Crippen LogP contribution in [-0.2, 0) is 0 Å². The summed E-state index contributed by atoms with van der Waals surface area (Å²) in [6.07, 6.45) is 0. The molecule has 0 unspecified atom stereocenters. The van der Waals surface area contributed by atoms with Crippen LogP contribution in [0.2, 0.25) is 0 Å². The standard InChI is InChI=1S/C5H10N2O/c1-4(2)7-5(8)6-3/h4H,3H2,1-2H3,(H,6,8). The first-order valence-electron chi connectivity index (χ1n) is 2.44. The normalized spacial score (nSPS) is 9.00. The molecule has 0 rings (SSSR count). The van der Waals surface area contributed by atoms with Crippen molar-refractivity contribution in [2.24, 2.45) is 0 Å². The summed E-state index contributed by atoms with van der Waals surface area (Å²) in [4.78, 5) is 10.3. The molecule has 0 fully saturated rings. The first kappa shape index (κ1) is 7.27. The van der Waals surface area contributed by atoms with Crippen LogP contribution in [0.5, 0.6) is 0 Å². The van der Waals surface area contributed by atoms with Crippen molar-refractivity contribution in [3.8, 4) is 0 Å². The number of carbonyl (C=O) groups excluding carboxylic acids is 1. The number of carbonyl (C=O) groups is 1. The number of amides is 2. The van der Waals surface area contributed by atoms with Gasteiger partial charge in [-0.25, -0.2) is 10.1 Å². The van der Waals surface area contributed by atoms with Gasteiger partial charge >= 0.3 is 6.03 Å². The van der Waals surface area contributed by atoms with Crippen molar-refractivity contribution >= 4 is 6.03 Å². The topological polar surface area (TPSA) is 43.2 Å². The highest BCUT2D eigenvalue weighted by Gasteiger charge is 1.99. The lowest BCUT2D eigenvalue weighted by molar-refractivity contribution is 0.241. The Kier molecular flexibility index (Phi) is 2.99. The zero-order valence-corrected chi connectivity index (χ0v) is 5.14. The second kappa shape index (κ2) is 3.29. The molecule has 0 aliphatic heterocycles. The van der Waals surface area contributed by atoms with Crippen LogP contribution in [0, 0.1) is 7.05 Å². The minimum absolute atomic E-state index is 0.0525. The zero-order valence-electron chi connectivity index (χ0n) is 5.14. The molecule has 0 saturated carbocycles. The van der Waals surface area contributed by atoms with E-state index < -0.39 is 0 Å². The van der Waals surface area contributed by atoms with Crippen molar-refractivity contribution < 1.29 is 4.79 Å². The molecule has 3 heteroatoms. The van der Waals surface area contributed by atoms with Gasteiger partial charge < -0.3 is 5.32 Å². The molecule has 0 spiro atoms. The van der Waals surface area contributed by atoms with Crippen LogP contribution >= 0.6 is 0 Å². The van der Waals surface area contributed by atoms with E-state index in [0.717, 1.165) is 0 Å². The van der Waals surface area contributed by atoms with Crippen LogP contribution < -0.4 is 10.6 Å². The number of hydrogen-bond donors (Lipinski definition) is 1. The van der Waals surface area contributed by atoms with E-state index >= 15 is 0 Å². The predicted molar refractivity (Wildman–Crippen MR) is 31.2 cm³/mol. The minimum Gasteiger partial charge on any atom is -0.335 e. The van der Waals surface area contributed by atoms with Gasteiger partial charge in [-0.2, -0.15) is 0 Å². The monoisotopic (exact) mass is 114 g/mol. The Morgan fingerprint density at radius 1 is 1.75 bits per heavy atom. The Morgan fingerprint density at radius 3 is 2.38 bits per heavy atom. The average molecular weight is 114 g/mol. The Balaban J connectivity index is 3.25. The maximum atomic E-state index is 10.3. The van der Waals surface area contributed by atoms with Crippen LogP contribution in [0.4, 0.5) is 4.79 Å². The van der Waals surface area contributed by atoms with E-state index in [1.54, 1.807) is 0 Å². The third-order valence-corrected chi connectivity index (χ3v) is 0.527. The van der Waals surface area contributed by atoms with E-state index in [-0.39, 0.29) is 12.1 Å². The van der Waals surface area contributed by atoms with Crippen molar-refractivity contribution in [3.63, 3.8) is 0 Å². The van der Waals surface area contributed by atoms with Crippen LogP contribution in [-0.4, -0.2) is 12.1 Å². The molecule has 0 aliphatic rings. The molecule has 1 N–H and O–H groups in total. The van der Waals surface area contributed by atoms with Crippen LogP contribution in [0.3, 0.4) is 0 Å². The lowest BCUT2D eigenvalue weighted by Gasteiger charge is -2.01. The highest BCUT2D eigenvalue weighted by molar-refractivity contribution is 5.73. The van der Waals surface area contributed by atoms with Crippen LogP contribution in [0.25, 0.3) is 0 Å². The summed E-state index contributed by atoms with van der Waals surface area (Å²) in [7, 11) is 3.15. The van der Waals surface area contributed by atoms with Gasteiger partial charge in [0, 0.05) is 13.1 Å². The highest BCUT2D eigenvalue weighted by atomic mass is 16.2. The first-order chi connectivity index (χ1) is 3.66. The molecule has 46 valence electrons. The second-order valence-corrected chi connectivity index (χ2v) is 1.70. The molecular weight excluding hydrogens is 104 g/mol. The van der Waals surface area contributed by atoms with Gasteiger partial charge in [0.1, 0.15) is 0 Å². The van der Waals surface area contributed by atoms with Gasteiger partial charge in [0.15, 0.2) is 0 Å². The van der Waals surface area contributed by atoms with Gasteiger partial charge in [0.2, 0.25) is 0 Å². The number of nitrogens with zero attached hydrogens (tertiary/aromatic N) is 1. The fourth-order valence-electron chi connectivity index (χ4n) is 0.280. The lowest BCUT2D eigenvalue weighted by atomic mass is 10.4. The minimum atomic E-state index is -0.361. The van der Waals surface area contributed by atoms with Crippen LogP contribution in [0.15, 0.2) is 0 Å². The van der Waals surface area contributed by atoms with Gasteiger partial charge in [-0.1, -0.05) is 0 Å². The fourth-order valence-corrected chi connectivity index (χ4v) is 0.280. The predicted octanol–water partition coefficient (Wildman–Crippen LogP) is 0.500. The Hall–Kier alpha value is -0.730. The van der Waals surface area contributed by atoms with Crippen molar-refractivity contribution in [1.82, 2.24) is 10.6 Å². The molecular formula is C5H10N2O. The Morgan fingerprint density at radius 2 is 2.25 bits per heavy atom. The van der Waals surface area contributed by atoms with Gasteiger partial charge in [-0.3, -0.25) is 0 Å². The largest absolute Gasteiger partial charge is 0.336 e. The van der Waals surface area contributed by atoms with Crippen molar-refractivity contribution in [1.29, 1.82) is 0 Å². The van der Waals surface area contributed by atoms with Crippen LogP contribution in [0.1, 0.15) is 13.8 Å². The Labute approximate surface area is 49.5 Å². The summed E-state index contributed by atoms with van der Waals surface area (Å²) < 4.78 is 0. The molecule has 0 aliphatic carbocycles. The van der Waals surface area contributed by atoms with E-state index in [2.05, 4.69) is 17.7 Å². The second-order valence-electron chi connectivity index (χ2n) is 1.70. The third kappa shape index (κ3) is 3.46. The molecule has 3 nitrogen and oxygen atoms in total. The van der Waals surface area contributed by atoms with Gasteiger partial charge in [-0.15, -0.1) is 0 Å². The van der Waals surface area contributed by atoms with E-state index in [1.807, 2.05) is 13.8 Å². The van der Waals surface area contributed by atoms with Gasteiger partial charge in [0.05, 0.1) is 0 Å². The quantitative estimate of drug-likeness (QED) is 0.530. The molecule has 0 aromatic heterocycles. The number of hydrogen-bond acceptors (Lipinski definition) is 1. The van der Waals surface area contributed by atoms with E-state index in [0.29, 0.717) is 0 Å². The first-order valence-corrected chi connectivity index (χ1v) is 2.44. The van der Waals surface area contributed by atoms with Gasteiger partial charge in [-0.05, 0) is 13.8 Å². The highest BCUT2D eigenvalue weighted by Crippen LogP contribution is 1.77. The number of nitrogens with one attached hydrogen (secondary N) is 1. The molecule has 2 radical (unpaired) electrons. The van der Waals surface area contributed by atoms with E-state index in [1.165, 1.54) is 0 Å². The Bertz CT molecular complexity index is 80.5. The summed E-state index contributed by atoms with van der Waals surface area (Å²) in [5, 5.41) is 5.72. The number of rotatable bonds is 1. The summed E-state index contributed by atoms with van der Waals surface area (Å²) in [5.41, 5.74) is 0. The van der Waals surface area contributed by atoms with Crippen molar-refractivity contribution in [2.75, 3.05) is 0 Å². The summed E-state index contributed by atoms with van der Waals surface area (Å²) >= 11 is 0. The third-order valence-electron chi connectivity index (χ3n) is 0.527. The zero-order chi connectivity index (χ0) is 6.57. The summed E-state index contributed by atoms with van der Waals surface area (Å²) in [5.74, 6) is 0. The molecule has 0 atom stereocenters. The molecule has 0 aromatic rings. The van der Waals surface area contributed by atoms with E-state index in [4.69, 9.17) is 0 Å². The van der Waals surface area contributed by atoms with E-state index in [9.17, 15) is 4.79 Å². The van der Waals surface area contributed by atoms with Gasteiger partial charge in [0.25, 0.3) is 0 Å². The molecule has 8 heavy (non-hydrogen) atoms. The lowest BCUT2D eigenvalue weighted by Crippen LogP contribution is -2.29. The molecule has 0 saturated heterocycles. The SMILES string of the molecule is [CH2]NC(=O)[N]C(C)C. The summed E-state index contributed by atoms with van der Waals surface area (Å²) in [6.45, 7) is 3.66. The average Bonchev–Trinajstić information content (AvgIpc) is 1.65. The summed E-state index contributed by atoms with van der Waals surface area (Å²) in [6, 6.07) is -0.309. The maximum Gasteiger partial charge on any atom is 0.336 e.